The van der Waals surface area contributed by atoms with Crippen LogP contribution < -0.4 is 18.7 Å². The largest absolute Gasteiger partial charge is 0.455 e. The SMILES string of the molecule is Cc1cc(C)[n+]2n1-c1cccc3c1C21c2c(cccc2Oc2cccc[n+]21)O3. The van der Waals surface area contributed by atoms with Crippen molar-refractivity contribution in [3.05, 3.63) is 89.4 Å². The Morgan fingerprint density at radius 3 is 2.43 bits per heavy atom. The average Bonchev–Trinajstić information content (AvgIpc) is 3.18. The normalized spacial score (nSPS) is 19.1. The van der Waals surface area contributed by atoms with Crippen LogP contribution in [0.3, 0.4) is 0 Å². The Morgan fingerprint density at radius 1 is 0.821 bits per heavy atom. The maximum absolute atomic E-state index is 6.39. The van der Waals surface area contributed by atoms with E-state index in [0.717, 1.165) is 39.9 Å². The maximum atomic E-state index is 6.39. The molecule has 3 aliphatic rings. The van der Waals surface area contributed by atoms with Crippen LogP contribution >= 0.6 is 0 Å². The van der Waals surface area contributed by atoms with E-state index in [0.29, 0.717) is 0 Å². The molecule has 0 saturated carbocycles. The molecule has 0 saturated heterocycles. The molecule has 1 unspecified atom stereocenters. The molecular weight excluding hydrogens is 350 g/mol. The second-order valence-electron chi connectivity index (χ2n) is 7.62. The van der Waals surface area contributed by atoms with Gasteiger partial charge in [-0.3, -0.25) is 0 Å². The smallest absolute Gasteiger partial charge is 0.452 e. The zero-order valence-electron chi connectivity index (χ0n) is 15.5. The summed E-state index contributed by atoms with van der Waals surface area (Å²) >= 11 is 0. The quantitative estimate of drug-likeness (QED) is 0.384. The highest BCUT2D eigenvalue weighted by Crippen LogP contribution is 2.55. The van der Waals surface area contributed by atoms with Crippen molar-refractivity contribution in [2.75, 3.05) is 0 Å². The van der Waals surface area contributed by atoms with E-state index in [1.807, 2.05) is 30.3 Å². The molecule has 0 radical (unpaired) electrons. The van der Waals surface area contributed by atoms with Crippen LogP contribution in [-0.2, 0) is 5.66 Å². The van der Waals surface area contributed by atoms with Gasteiger partial charge in [-0.2, -0.15) is 0 Å². The van der Waals surface area contributed by atoms with Crippen molar-refractivity contribution in [3.63, 3.8) is 0 Å². The van der Waals surface area contributed by atoms with Crippen LogP contribution in [0, 0.1) is 13.8 Å². The summed E-state index contributed by atoms with van der Waals surface area (Å²) in [6, 6.07) is 20.7. The molecule has 0 fully saturated rings. The molecule has 0 aliphatic carbocycles. The van der Waals surface area contributed by atoms with Gasteiger partial charge in [-0.1, -0.05) is 16.7 Å². The molecule has 134 valence electrons. The number of benzene rings is 2. The van der Waals surface area contributed by atoms with Gasteiger partial charge in [0.1, 0.15) is 17.2 Å². The van der Waals surface area contributed by atoms with Crippen LogP contribution in [0.1, 0.15) is 22.5 Å². The van der Waals surface area contributed by atoms with Gasteiger partial charge in [-0.15, -0.1) is 4.68 Å². The Hall–Kier alpha value is -3.60. The third kappa shape index (κ3) is 1.34. The van der Waals surface area contributed by atoms with Crippen LogP contribution in [0.15, 0.2) is 66.9 Å². The highest BCUT2D eigenvalue weighted by atomic mass is 16.5. The first-order valence-electron chi connectivity index (χ1n) is 9.47. The van der Waals surface area contributed by atoms with Crippen molar-refractivity contribution < 1.29 is 18.7 Å². The molecule has 7 rings (SSSR count). The lowest BCUT2D eigenvalue weighted by Gasteiger charge is -2.31. The van der Waals surface area contributed by atoms with E-state index in [4.69, 9.17) is 9.47 Å². The Bertz CT molecular complexity index is 1340. The molecule has 2 aromatic heterocycles. The van der Waals surface area contributed by atoms with Gasteiger partial charge in [0.05, 0.1) is 11.8 Å². The molecule has 0 amide bonds. The fraction of sp³-hybridized carbons (Fsp3) is 0.130. The molecule has 1 spiro atoms. The van der Waals surface area contributed by atoms with E-state index in [1.165, 1.54) is 11.4 Å². The summed E-state index contributed by atoms with van der Waals surface area (Å²) in [6.45, 7) is 4.32. The molecule has 0 bridgehead atoms. The molecule has 0 N–H and O–H groups in total. The van der Waals surface area contributed by atoms with Crippen molar-refractivity contribution in [1.29, 1.82) is 0 Å². The molecule has 2 aromatic carbocycles. The summed E-state index contributed by atoms with van der Waals surface area (Å²) in [7, 11) is 0. The van der Waals surface area contributed by atoms with Crippen LogP contribution in [0.2, 0.25) is 0 Å². The van der Waals surface area contributed by atoms with E-state index in [-0.39, 0.29) is 0 Å². The zero-order valence-corrected chi connectivity index (χ0v) is 15.5. The number of fused-ring (bicyclic) bond motifs is 3. The fourth-order valence-corrected chi connectivity index (χ4v) is 5.28. The Morgan fingerprint density at radius 2 is 1.57 bits per heavy atom. The third-order valence-corrected chi connectivity index (χ3v) is 6.12. The van der Waals surface area contributed by atoms with Gasteiger partial charge >= 0.3 is 11.5 Å². The van der Waals surface area contributed by atoms with Crippen LogP contribution in [0.25, 0.3) is 5.69 Å². The average molecular weight is 367 g/mol. The van der Waals surface area contributed by atoms with E-state index >= 15 is 0 Å². The Labute approximate surface area is 161 Å². The van der Waals surface area contributed by atoms with Crippen molar-refractivity contribution in [2.24, 2.45) is 0 Å². The van der Waals surface area contributed by atoms with E-state index < -0.39 is 5.66 Å². The molecule has 5 heterocycles. The van der Waals surface area contributed by atoms with Crippen LogP contribution in [0.4, 0.5) is 0 Å². The minimum absolute atomic E-state index is 0.580. The number of aryl methyl sites for hydroxylation is 2. The number of rotatable bonds is 0. The second kappa shape index (κ2) is 4.44. The molecular formula is C23H17N3O2+2. The van der Waals surface area contributed by atoms with Crippen molar-refractivity contribution in [3.8, 4) is 28.8 Å². The number of nitrogens with zero attached hydrogens (tertiary/aromatic N) is 3. The Balaban J connectivity index is 1.80. The summed E-state index contributed by atoms with van der Waals surface area (Å²) in [5.74, 6) is 3.38. The van der Waals surface area contributed by atoms with Gasteiger partial charge in [-0.05, 0) is 41.9 Å². The van der Waals surface area contributed by atoms with E-state index in [2.05, 4.69) is 64.3 Å². The van der Waals surface area contributed by atoms with Gasteiger partial charge in [0.25, 0.3) is 0 Å². The second-order valence-corrected chi connectivity index (χ2v) is 7.62. The number of aromatic nitrogens is 3. The van der Waals surface area contributed by atoms with Gasteiger partial charge in [0, 0.05) is 19.1 Å². The van der Waals surface area contributed by atoms with Crippen molar-refractivity contribution >= 4 is 0 Å². The third-order valence-electron chi connectivity index (χ3n) is 6.12. The molecule has 28 heavy (non-hydrogen) atoms. The monoisotopic (exact) mass is 367 g/mol. The van der Waals surface area contributed by atoms with Gasteiger partial charge < -0.3 is 9.47 Å². The molecule has 3 aliphatic heterocycles. The van der Waals surface area contributed by atoms with E-state index in [9.17, 15) is 0 Å². The van der Waals surface area contributed by atoms with Crippen molar-refractivity contribution in [2.45, 2.75) is 19.5 Å². The lowest BCUT2D eigenvalue weighted by Crippen LogP contribution is -2.76. The summed E-state index contributed by atoms with van der Waals surface area (Å²) < 4.78 is 19.6. The predicted molar refractivity (Wildman–Crippen MR) is 100 cm³/mol. The Kier molecular flexibility index (Phi) is 2.29. The summed E-state index contributed by atoms with van der Waals surface area (Å²) in [5.41, 5.74) is 5.15. The van der Waals surface area contributed by atoms with Crippen molar-refractivity contribution in [1.82, 2.24) is 4.68 Å². The van der Waals surface area contributed by atoms with Gasteiger partial charge in [0.15, 0.2) is 23.1 Å². The standard InChI is InChI=1S/C23H17N3O2/c1-14-13-15(2)26-23-21-16(25(14)26)7-5-8-17(21)27-18-9-6-10-19(22(18)23)28-20-11-3-4-12-24(20)23/h3-13H,1-2H3/q+2. The summed E-state index contributed by atoms with van der Waals surface area (Å²) in [5, 5.41) is 0. The van der Waals surface area contributed by atoms with E-state index in [1.54, 1.807) is 0 Å². The first kappa shape index (κ1) is 14.5. The minimum atomic E-state index is -0.580. The topological polar surface area (TPSA) is 31.1 Å². The minimum Gasteiger partial charge on any atom is -0.455 e. The first-order chi connectivity index (χ1) is 13.7. The number of ether oxygens (including phenoxy) is 2. The molecule has 4 aromatic rings. The zero-order chi connectivity index (χ0) is 18.6. The predicted octanol–water partition coefficient (Wildman–Crippen LogP) is 3.49. The molecule has 5 heteroatoms. The number of hydrogen-bond acceptors (Lipinski definition) is 2. The lowest BCUT2D eigenvalue weighted by molar-refractivity contribution is -0.999. The highest BCUT2D eigenvalue weighted by Gasteiger charge is 2.72. The van der Waals surface area contributed by atoms with Crippen LogP contribution in [-0.4, -0.2) is 4.68 Å². The first-order valence-corrected chi connectivity index (χ1v) is 9.47. The number of hydrogen-bond donors (Lipinski definition) is 0. The molecule has 5 nitrogen and oxygen atoms in total. The van der Waals surface area contributed by atoms with Gasteiger partial charge in [0.2, 0.25) is 5.69 Å². The summed E-state index contributed by atoms with van der Waals surface area (Å²) in [4.78, 5) is 0. The van der Waals surface area contributed by atoms with Gasteiger partial charge in [-0.25, -0.2) is 0 Å². The maximum Gasteiger partial charge on any atom is 0.452 e. The highest BCUT2D eigenvalue weighted by molar-refractivity contribution is 5.66. The molecule has 1 atom stereocenters. The summed E-state index contributed by atoms with van der Waals surface area (Å²) in [6.07, 6.45) is 2.10. The fourth-order valence-electron chi connectivity index (χ4n) is 5.28. The lowest BCUT2D eigenvalue weighted by atomic mass is 9.85. The number of pyridine rings is 1. The van der Waals surface area contributed by atoms with Crippen LogP contribution in [0.5, 0.6) is 23.1 Å².